The summed E-state index contributed by atoms with van der Waals surface area (Å²) in [4.78, 5) is 13.9. The Morgan fingerprint density at radius 3 is 2.71 bits per heavy atom. The van der Waals surface area contributed by atoms with Gasteiger partial charge in [-0.05, 0) is 12.5 Å². The van der Waals surface area contributed by atoms with E-state index in [4.69, 9.17) is 10.3 Å². The van der Waals surface area contributed by atoms with Crippen molar-refractivity contribution in [1.29, 1.82) is 0 Å². The number of hydrogen-bond donors (Lipinski definition) is 1. The summed E-state index contributed by atoms with van der Waals surface area (Å²) >= 11 is 0. The summed E-state index contributed by atoms with van der Waals surface area (Å²) < 4.78 is 4.82. The fraction of sp³-hybridized carbons (Fsp3) is 0.875. The first-order chi connectivity index (χ1) is 6.61. The monoisotopic (exact) mass is 200 g/mol. The van der Waals surface area contributed by atoms with Crippen LogP contribution in [0.5, 0.6) is 0 Å². The Bertz CT molecular complexity index is 223. The molecule has 0 aromatic heterocycles. The predicted octanol–water partition coefficient (Wildman–Crippen LogP) is 1.23. The average Bonchev–Trinajstić information content (AvgIpc) is 2.12. The van der Waals surface area contributed by atoms with Crippen molar-refractivity contribution in [3.05, 3.63) is 10.4 Å². The summed E-state index contributed by atoms with van der Waals surface area (Å²) in [5.41, 5.74) is 8.14. The highest BCUT2D eigenvalue weighted by Gasteiger charge is 2.18. The SMILES string of the molecule is CCOC(=O)C(CN=[N+]=[N-])NC(C)C. The number of azide groups is 1. The van der Waals surface area contributed by atoms with Crippen LogP contribution in [0.4, 0.5) is 0 Å². The van der Waals surface area contributed by atoms with E-state index in [2.05, 4.69) is 15.3 Å². The highest BCUT2D eigenvalue weighted by Crippen LogP contribution is 1.94. The molecule has 0 amide bonds. The molecule has 6 nitrogen and oxygen atoms in total. The quantitative estimate of drug-likeness (QED) is 0.302. The Labute approximate surface area is 83.3 Å². The van der Waals surface area contributed by atoms with Gasteiger partial charge in [-0.1, -0.05) is 19.0 Å². The van der Waals surface area contributed by atoms with Crippen molar-refractivity contribution in [2.75, 3.05) is 13.2 Å². The Morgan fingerprint density at radius 1 is 1.64 bits per heavy atom. The van der Waals surface area contributed by atoms with E-state index in [-0.39, 0.29) is 18.6 Å². The number of ether oxygens (including phenoxy) is 1. The third-order valence-corrected chi connectivity index (χ3v) is 1.43. The highest BCUT2D eigenvalue weighted by molar-refractivity contribution is 5.76. The van der Waals surface area contributed by atoms with Gasteiger partial charge in [0.15, 0.2) is 0 Å². The molecule has 0 rings (SSSR count). The molecule has 80 valence electrons. The van der Waals surface area contributed by atoms with Crippen LogP contribution in [0, 0.1) is 0 Å². The molecule has 1 unspecified atom stereocenters. The lowest BCUT2D eigenvalue weighted by Gasteiger charge is -2.17. The van der Waals surface area contributed by atoms with Gasteiger partial charge < -0.3 is 10.1 Å². The summed E-state index contributed by atoms with van der Waals surface area (Å²) in [6, 6.07) is -0.413. The Balaban J connectivity index is 4.21. The molecule has 0 aliphatic heterocycles. The number of hydrogen-bond acceptors (Lipinski definition) is 4. The molecule has 0 heterocycles. The number of esters is 1. The predicted molar refractivity (Wildman–Crippen MR) is 52.7 cm³/mol. The molecule has 1 N–H and O–H groups in total. The molecule has 1 atom stereocenters. The molecule has 0 bridgehead atoms. The molecule has 0 aliphatic rings. The van der Waals surface area contributed by atoms with Gasteiger partial charge in [0.25, 0.3) is 0 Å². The third-order valence-electron chi connectivity index (χ3n) is 1.43. The van der Waals surface area contributed by atoms with E-state index in [1.54, 1.807) is 6.92 Å². The van der Waals surface area contributed by atoms with Crippen molar-refractivity contribution in [2.45, 2.75) is 32.9 Å². The van der Waals surface area contributed by atoms with Gasteiger partial charge in [0.1, 0.15) is 6.04 Å². The molecule has 0 saturated carbocycles. The minimum Gasteiger partial charge on any atom is -0.465 e. The molecule has 0 spiro atoms. The zero-order chi connectivity index (χ0) is 11.0. The van der Waals surface area contributed by atoms with Crippen LogP contribution < -0.4 is 5.32 Å². The van der Waals surface area contributed by atoms with Gasteiger partial charge in [-0.2, -0.15) is 0 Å². The highest BCUT2D eigenvalue weighted by atomic mass is 16.5. The maximum atomic E-state index is 11.3. The lowest BCUT2D eigenvalue weighted by molar-refractivity contribution is -0.145. The smallest absolute Gasteiger partial charge is 0.323 e. The summed E-state index contributed by atoms with van der Waals surface area (Å²) in [6.07, 6.45) is 0. The van der Waals surface area contributed by atoms with Gasteiger partial charge in [-0.15, -0.1) is 0 Å². The summed E-state index contributed by atoms with van der Waals surface area (Å²) in [5, 5.41) is 6.31. The summed E-state index contributed by atoms with van der Waals surface area (Å²) in [7, 11) is 0. The van der Waals surface area contributed by atoms with Crippen LogP contribution in [0.25, 0.3) is 10.4 Å². The number of carbonyl (C=O) groups is 1. The molecule has 0 fully saturated rings. The zero-order valence-corrected chi connectivity index (χ0v) is 8.73. The molecule has 0 aliphatic carbocycles. The maximum Gasteiger partial charge on any atom is 0.323 e. The van der Waals surface area contributed by atoms with Gasteiger partial charge >= 0.3 is 5.97 Å². The van der Waals surface area contributed by atoms with Gasteiger partial charge in [0, 0.05) is 11.0 Å². The standard InChI is InChI=1S/C8H16N4O2/c1-4-14-8(13)7(5-10-12-9)11-6(2)3/h6-7,11H,4-5H2,1-3H3. The topological polar surface area (TPSA) is 87.1 Å². The van der Waals surface area contributed by atoms with Crippen LogP contribution in [0.2, 0.25) is 0 Å². The van der Waals surface area contributed by atoms with Crippen LogP contribution in [-0.2, 0) is 9.53 Å². The van der Waals surface area contributed by atoms with E-state index in [1.165, 1.54) is 0 Å². The Kier molecular flexibility index (Phi) is 6.53. The molecule has 0 aromatic rings. The molecule has 0 radical (unpaired) electrons. The number of nitrogens with one attached hydrogen (secondary N) is 1. The first-order valence-electron chi connectivity index (χ1n) is 4.55. The van der Waals surface area contributed by atoms with E-state index in [1.807, 2.05) is 13.8 Å². The van der Waals surface area contributed by atoms with Crippen LogP contribution in [0.15, 0.2) is 5.11 Å². The molecular formula is C8H16N4O2. The van der Waals surface area contributed by atoms with Crippen LogP contribution in [0.3, 0.4) is 0 Å². The second-order valence-corrected chi connectivity index (χ2v) is 3.04. The number of carbonyl (C=O) groups excluding carboxylic acids is 1. The van der Waals surface area contributed by atoms with Gasteiger partial charge in [-0.3, -0.25) is 4.79 Å². The van der Waals surface area contributed by atoms with Gasteiger partial charge in [-0.25, -0.2) is 0 Å². The molecule has 6 heteroatoms. The summed E-state index contributed by atoms with van der Waals surface area (Å²) in [5.74, 6) is -0.381. The normalized spacial score (nSPS) is 12.0. The van der Waals surface area contributed by atoms with Crippen molar-refractivity contribution >= 4 is 5.97 Å². The Morgan fingerprint density at radius 2 is 2.29 bits per heavy atom. The largest absolute Gasteiger partial charge is 0.465 e. The first kappa shape index (κ1) is 12.7. The van der Waals surface area contributed by atoms with E-state index >= 15 is 0 Å². The lowest BCUT2D eigenvalue weighted by atomic mass is 10.2. The lowest BCUT2D eigenvalue weighted by Crippen LogP contribution is -2.43. The molecule has 0 saturated heterocycles. The van der Waals surface area contributed by atoms with Crippen LogP contribution in [-0.4, -0.2) is 31.2 Å². The minimum atomic E-state index is -0.550. The van der Waals surface area contributed by atoms with Crippen molar-refractivity contribution in [3.8, 4) is 0 Å². The fourth-order valence-corrected chi connectivity index (χ4v) is 0.959. The van der Waals surface area contributed by atoms with Crippen molar-refractivity contribution in [3.63, 3.8) is 0 Å². The van der Waals surface area contributed by atoms with E-state index in [9.17, 15) is 4.79 Å². The molecule has 14 heavy (non-hydrogen) atoms. The average molecular weight is 200 g/mol. The van der Waals surface area contributed by atoms with E-state index in [0.29, 0.717) is 6.61 Å². The number of rotatable bonds is 6. The van der Waals surface area contributed by atoms with Crippen molar-refractivity contribution < 1.29 is 9.53 Å². The number of nitrogens with zero attached hydrogens (tertiary/aromatic N) is 3. The van der Waals surface area contributed by atoms with Crippen molar-refractivity contribution in [2.24, 2.45) is 5.11 Å². The minimum absolute atomic E-state index is 0.0769. The summed E-state index contributed by atoms with van der Waals surface area (Å²) in [6.45, 7) is 5.95. The van der Waals surface area contributed by atoms with Gasteiger partial charge in [0.05, 0.1) is 13.2 Å². The molecular weight excluding hydrogens is 184 g/mol. The van der Waals surface area contributed by atoms with Crippen LogP contribution in [0.1, 0.15) is 20.8 Å². The second kappa shape index (κ2) is 7.17. The first-order valence-corrected chi connectivity index (χ1v) is 4.55. The van der Waals surface area contributed by atoms with Gasteiger partial charge in [0.2, 0.25) is 0 Å². The zero-order valence-electron chi connectivity index (χ0n) is 8.73. The second-order valence-electron chi connectivity index (χ2n) is 3.04. The third kappa shape index (κ3) is 5.40. The fourth-order valence-electron chi connectivity index (χ4n) is 0.959. The van der Waals surface area contributed by atoms with E-state index in [0.717, 1.165) is 0 Å². The van der Waals surface area contributed by atoms with Crippen molar-refractivity contribution in [1.82, 2.24) is 5.32 Å². The maximum absolute atomic E-state index is 11.3. The molecule has 0 aromatic carbocycles. The van der Waals surface area contributed by atoms with E-state index < -0.39 is 6.04 Å². The van der Waals surface area contributed by atoms with Crippen LogP contribution >= 0.6 is 0 Å². The Hall–Kier alpha value is -1.26.